The number of aliphatic imine (C=N–C) groups is 1. The summed E-state index contributed by atoms with van der Waals surface area (Å²) < 4.78 is 0. The van der Waals surface area contributed by atoms with Gasteiger partial charge in [-0.15, -0.1) is 0 Å². The van der Waals surface area contributed by atoms with E-state index in [2.05, 4.69) is 4.99 Å². The van der Waals surface area contributed by atoms with E-state index in [0.717, 1.165) is 16.8 Å². The van der Waals surface area contributed by atoms with Crippen LogP contribution >= 0.6 is 0 Å². The Morgan fingerprint density at radius 2 is 1.62 bits per heavy atom. The fourth-order valence-electron chi connectivity index (χ4n) is 2.32. The first-order valence-electron chi connectivity index (χ1n) is 7.43. The van der Waals surface area contributed by atoms with E-state index in [1.807, 2.05) is 0 Å². The van der Waals surface area contributed by atoms with Gasteiger partial charge in [0, 0.05) is 25.7 Å². The fraction of sp³-hybridized carbons (Fsp3) is 0.267. The minimum absolute atomic E-state index is 0.0105. The van der Waals surface area contributed by atoms with Crippen molar-refractivity contribution in [3.63, 3.8) is 0 Å². The van der Waals surface area contributed by atoms with Crippen LogP contribution in [-0.4, -0.2) is 80.3 Å². The van der Waals surface area contributed by atoms with Crippen molar-refractivity contribution in [2.24, 2.45) is 4.99 Å². The largest absolute Gasteiger partial charge is 0.465 e. The van der Waals surface area contributed by atoms with Crippen LogP contribution in [0.4, 0.5) is 20.1 Å². The second-order valence-electron chi connectivity index (χ2n) is 5.33. The highest BCUT2D eigenvalue weighted by atomic mass is 16.4. The molecule has 26 heavy (non-hydrogen) atoms. The minimum atomic E-state index is -1.44. The van der Waals surface area contributed by atoms with Crippen LogP contribution in [-0.2, 0) is 0 Å². The molecule has 3 N–H and O–H groups in total. The second-order valence-corrected chi connectivity index (χ2v) is 5.33. The van der Waals surface area contributed by atoms with Crippen LogP contribution in [0, 0.1) is 0 Å². The second kappa shape index (κ2) is 7.51. The van der Waals surface area contributed by atoms with Crippen LogP contribution in [0.15, 0.2) is 29.3 Å². The van der Waals surface area contributed by atoms with Gasteiger partial charge >= 0.3 is 18.3 Å². The van der Waals surface area contributed by atoms with Crippen molar-refractivity contribution >= 4 is 35.8 Å². The molecule has 1 aliphatic rings. The number of hydrogen-bond donors (Lipinski definition) is 3. The van der Waals surface area contributed by atoms with Gasteiger partial charge in [0.15, 0.2) is 0 Å². The number of carbonyl (C=O) groups excluding carboxylic acids is 1. The van der Waals surface area contributed by atoms with Crippen LogP contribution in [0.2, 0.25) is 0 Å². The van der Waals surface area contributed by atoms with Gasteiger partial charge in [-0.25, -0.2) is 34.1 Å². The first kappa shape index (κ1) is 18.7. The molecule has 0 radical (unpaired) electrons. The van der Waals surface area contributed by atoms with E-state index in [0.29, 0.717) is 11.3 Å². The van der Waals surface area contributed by atoms with Gasteiger partial charge in [-0.05, 0) is 24.6 Å². The predicted octanol–water partition coefficient (Wildman–Crippen LogP) is 1.79. The smallest absolute Gasteiger partial charge is 0.414 e. The molecule has 0 bridgehead atoms. The maximum absolute atomic E-state index is 12.1. The number of guanidine groups is 1. The summed E-state index contributed by atoms with van der Waals surface area (Å²) in [5, 5.41) is 27.4. The number of carbonyl (C=O) groups is 4. The highest BCUT2D eigenvalue weighted by molar-refractivity contribution is 6.04. The normalized spacial score (nSPS) is 14.0. The zero-order valence-corrected chi connectivity index (χ0v) is 13.7. The number of amides is 4. The van der Waals surface area contributed by atoms with Gasteiger partial charge in [0.25, 0.3) is 5.91 Å². The van der Waals surface area contributed by atoms with Crippen LogP contribution in [0.1, 0.15) is 16.8 Å². The SMILES string of the molecule is CN(C(=O)O)C(=O)c1cccc(N=C2N(C(=O)O)CCCN2C(=O)O)c1. The van der Waals surface area contributed by atoms with Gasteiger partial charge in [-0.2, -0.15) is 0 Å². The Morgan fingerprint density at radius 3 is 2.12 bits per heavy atom. The van der Waals surface area contributed by atoms with Crippen molar-refractivity contribution in [3.8, 4) is 0 Å². The third-order valence-corrected chi connectivity index (χ3v) is 3.62. The fourth-order valence-corrected chi connectivity index (χ4v) is 2.32. The lowest BCUT2D eigenvalue weighted by molar-refractivity contribution is 0.0781. The average Bonchev–Trinajstić information content (AvgIpc) is 2.60. The molecular weight excluding hydrogens is 348 g/mol. The first-order valence-corrected chi connectivity index (χ1v) is 7.43. The van der Waals surface area contributed by atoms with E-state index in [-0.39, 0.29) is 30.3 Å². The van der Waals surface area contributed by atoms with Gasteiger partial charge in [0.05, 0.1) is 5.69 Å². The third kappa shape index (κ3) is 3.88. The summed E-state index contributed by atoms with van der Waals surface area (Å²) in [6, 6.07) is 5.50. The van der Waals surface area contributed by atoms with Crippen LogP contribution in [0.5, 0.6) is 0 Å². The zero-order chi connectivity index (χ0) is 19.4. The molecular formula is C15H16N4O7. The Morgan fingerprint density at radius 1 is 1.04 bits per heavy atom. The lowest BCUT2D eigenvalue weighted by Crippen LogP contribution is -2.53. The lowest BCUT2D eigenvalue weighted by Gasteiger charge is -2.33. The highest BCUT2D eigenvalue weighted by Crippen LogP contribution is 2.19. The molecule has 2 rings (SSSR count). The monoisotopic (exact) mass is 364 g/mol. The molecule has 0 aromatic heterocycles. The topological polar surface area (TPSA) is 151 Å². The molecule has 1 aromatic carbocycles. The average molecular weight is 364 g/mol. The Bertz CT molecular complexity index is 768. The van der Waals surface area contributed by atoms with Crippen molar-refractivity contribution in [3.05, 3.63) is 29.8 Å². The zero-order valence-electron chi connectivity index (χ0n) is 13.7. The van der Waals surface area contributed by atoms with Gasteiger partial charge in [-0.1, -0.05) is 6.07 Å². The Kier molecular flexibility index (Phi) is 5.40. The molecule has 1 heterocycles. The summed E-state index contributed by atoms with van der Waals surface area (Å²) in [5.74, 6) is -1.10. The van der Waals surface area contributed by atoms with Gasteiger partial charge in [0.1, 0.15) is 0 Å². The maximum atomic E-state index is 12.1. The molecule has 138 valence electrons. The first-order chi connectivity index (χ1) is 12.2. The summed E-state index contributed by atoms with van der Waals surface area (Å²) in [4.78, 5) is 51.8. The van der Waals surface area contributed by atoms with Crippen molar-refractivity contribution in [2.45, 2.75) is 6.42 Å². The highest BCUT2D eigenvalue weighted by Gasteiger charge is 2.32. The minimum Gasteiger partial charge on any atom is -0.465 e. The number of benzene rings is 1. The molecule has 1 aromatic rings. The summed E-state index contributed by atoms with van der Waals surface area (Å²) in [5.41, 5.74) is 0.125. The van der Waals surface area contributed by atoms with E-state index in [9.17, 15) is 29.4 Å². The molecule has 0 saturated carbocycles. The molecule has 11 heteroatoms. The molecule has 0 spiro atoms. The van der Waals surface area contributed by atoms with E-state index in [1.54, 1.807) is 0 Å². The maximum Gasteiger partial charge on any atom is 0.414 e. The molecule has 4 amide bonds. The number of nitrogens with zero attached hydrogens (tertiary/aromatic N) is 4. The number of hydrogen-bond acceptors (Lipinski definition) is 5. The molecule has 0 atom stereocenters. The number of rotatable bonds is 2. The van der Waals surface area contributed by atoms with Crippen molar-refractivity contribution in [1.29, 1.82) is 0 Å². The van der Waals surface area contributed by atoms with Gasteiger partial charge in [0.2, 0.25) is 5.96 Å². The lowest BCUT2D eigenvalue weighted by atomic mass is 10.2. The quantitative estimate of drug-likeness (QED) is 0.723. The Balaban J connectivity index is 2.43. The van der Waals surface area contributed by atoms with Gasteiger partial charge in [-0.3, -0.25) is 4.79 Å². The van der Waals surface area contributed by atoms with Gasteiger partial charge < -0.3 is 15.3 Å². The van der Waals surface area contributed by atoms with Crippen molar-refractivity contribution in [2.75, 3.05) is 20.1 Å². The van der Waals surface area contributed by atoms with E-state index >= 15 is 0 Å². The molecule has 1 aliphatic heterocycles. The van der Waals surface area contributed by atoms with Crippen molar-refractivity contribution in [1.82, 2.24) is 14.7 Å². The summed E-state index contributed by atoms with van der Waals surface area (Å²) in [7, 11) is 1.09. The molecule has 1 fully saturated rings. The standard InChI is InChI=1S/C15H16N4O7/c1-17(13(21)22)11(20)9-4-2-5-10(8-9)16-12-18(14(23)24)6-3-7-19(12)15(25)26/h2,4-5,8H,3,6-7H2,1H3,(H,21,22)(H,23,24)(H,25,26). The molecule has 1 saturated heterocycles. The van der Waals surface area contributed by atoms with E-state index < -0.39 is 24.2 Å². The number of carboxylic acid groups (broad SMARTS) is 3. The Hall–Kier alpha value is -3.63. The van der Waals surface area contributed by atoms with E-state index in [4.69, 9.17) is 5.11 Å². The summed E-state index contributed by atoms with van der Waals surface area (Å²) in [6.45, 7) is 0.163. The third-order valence-electron chi connectivity index (χ3n) is 3.62. The molecule has 0 unspecified atom stereocenters. The summed E-state index contributed by atoms with van der Waals surface area (Å²) >= 11 is 0. The summed E-state index contributed by atoms with van der Waals surface area (Å²) in [6.07, 6.45) is -3.83. The predicted molar refractivity (Wildman–Crippen MR) is 87.7 cm³/mol. The van der Waals surface area contributed by atoms with Crippen LogP contribution in [0.25, 0.3) is 0 Å². The molecule has 0 aliphatic carbocycles. The van der Waals surface area contributed by atoms with Crippen LogP contribution in [0.3, 0.4) is 0 Å². The van der Waals surface area contributed by atoms with Crippen LogP contribution < -0.4 is 0 Å². The molecule has 11 nitrogen and oxygen atoms in total. The van der Waals surface area contributed by atoms with E-state index in [1.165, 1.54) is 24.3 Å². The Labute approximate surface area is 147 Å². The van der Waals surface area contributed by atoms with Crippen molar-refractivity contribution < 1.29 is 34.5 Å². The number of imide groups is 1.